The number of hydrogen-bond donors (Lipinski definition) is 2. The van der Waals surface area contributed by atoms with Crippen molar-refractivity contribution in [2.75, 3.05) is 19.6 Å². The first kappa shape index (κ1) is 19.9. The summed E-state index contributed by atoms with van der Waals surface area (Å²) in [6, 6.07) is 4.30. The molecule has 3 unspecified atom stereocenters. The van der Waals surface area contributed by atoms with Crippen LogP contribution in [0.2, 0.25) is 5.02 Å². The van der Waals surface area contributed by atoms with Gasteiger partial charge in [0.15, 0.2) is 0 Å². The van der Waals surface area contributed by atoms with E-state index in [0.717, 1.165) is 12.8 Å². The highest BCUT2D eigenvalue weighted by atomic mass is 35.5. The van der Waals surface area contributed by atoms with Gasteiger partial charge in [-0.05, 0) is 38.3 Å². The summed E-state index contributed by atoms with van der Waals surface area (Å²) in [5.41, 5.74) is 0. The molecule has 1 aromatic carbocycles. The number of nitrogens with zero attached hydrogens (tertiary/aromatic N) is 1. The summed E-state index contributed by atoms with van der Waals surface area (Å²) >= 11 is 5.77. The van der Waals surface area contributed by atoms with Crippen LogP contribution in [0.25, 0.3) is 0 Å². The normalized spacial score (nSPS) is 26.0. The maximum atomic E-state index is 13.2. The van der Waals surface area contributed by atoms with Crippen molar-refractivity contribution in [3.05, 3.63) is 29.0 Å². The Morgan fingerprint density at radius 1 is 1.41 bits per heavy atom. The molecule has 0 aromatic heterocycles. The molecule has 27 heavy (non-hydrogen) atoms. The van der Waals surface area contributed by atoms with E-state index in [4.69, 9.17) is 16.3 Å². The second-order valence-electron chi connectivity index (χ2n) is 7.03. The number of rotatable bonds is 5. The lowest BCUT2D eigenvalue weighted by atomic mass is 9.96. The molecule has 2 N–H and O–H groups in total. The number of piperidine rings is 2. The van der Waals surface area contributed by atoms with Crippen LogP contribution in [0.15, 0.2) is 18.2 Å². The van der Waals surface area contributed by atoms with E-state index >= 15 is 0 Å². The van der Waals surface area contributed by atoms with Crippen molar-refractivity contribution < 1.29 is 18.7 Å². The molecule has 0 bridgehead atoms. The van der Waals surface area contributed by atoms with Gasteiger partial charge in [-0.15, -0.1) is 0 Å². The standard InChI is InChI=1S/C19H25ClFN3O3/c1-2-24-11-12(3-8-18(24)25)19(26)23-17-7-5-14(10-22-17)27-13-4-6-16(21)15(20)9-13/h4,6,9,12,14,17,22H,2-3,5,7-8,10-11H2,1H3,(H,23,26). The number of halogens is 2. The van der Waals surface area contributed by atoms with Gasteiger partial charge in [0.25, 0.3) is 0 Å². The van der Waals surface area contributed by atoms with Crippen molar-refractivity contribution >= 4 is 23.4 Å². The molecule has 0 spiro atoms. The predicted molar refractivity (Wildman–Crippen MR) is 100.0 cm³/mol. The third-order valence-electron chi connectivity index (χ3n) is 5.13. The van der Waals surface area contributed by atoms with E-state index in [9.17, 15) is 14.0 Å². The van der Waals surface area contributed by atoms with E-state index in [1.54, 1.807) is 11.0 Å². The Hall–Kier alpha value is -1.86. The molecule has 2 fully saturated rings. The van der Waals surface area contributed by atoms with Crippen molar-refractivity contribution in [1.82, 2.24) is 15.5 Å². The fraction of sp³-hybridized carbons (Fsp3) is 0.579. The minimum Gasteiger partial charge on any atom is -0.489 e. The number of hydrogen-bond acceptors (Lipinski definition) is 4. The summed E-state index contributed by atoms with van der Waals surface area (Å²) in [5, 5.41) is 6.35. The van der Waals surface area contributed by atoms with E-state index in [1.807, 2.05) is 6.92 Å². The van der Waals surface area contributed by atoms with Crippen molar-refractivity contribution in [2.45, 2.75) is 44.9 Å². The summed E-state index contributed by atoms with van der Waals surface area (Å²) in [4.78, 5) is 26.0. The van der Waals surface area contributed by atoms with Crippen LogP contribution in [0, 0.1) is 11.7 Å². The van der Waals surface area contributed by atoms with Gasteiger partial charge in [0.2, 0.25) is 11.8 Å². The van der Waals surface area contributed by atoms with Crippen LogP contribution < -0.4 is 15.4 Å². The van der Waals surface area contributed by atoms with Crippen molar-refractivity contribution in [3.63, 3.8) is 0 Å². The first-order valence-electron chi connectivity index (χ1n) is 9.39. The summed E-state index contributed by atoms with van der Waals surface area (Å²) < 4.78 is 19.0. The van der Waals surface area contributed by atoms with Gasteiger partial charge in [-0.2, -0.15) is 0 Å². The number of benzene rings is 1. The largest absolute Gasteiger partial charge is 0.489 e. The van der Waals surface area contributed by atoms with Crippen molar-refractivity contribution in [3.8, 4) is 5.75 Å². The number of amides is 2. The van der Waals surface area contributed by atoms with E-state index in [0.29, 0.717) is 38.2 Å². The predicted octanol–water partition coefficient (Wildman–Crippen LogP) is 2.31. The van der Waals surface area contributed by atoms with Crippen molar-refractivity contribution in [2.24, 2.45) is 5.92 Å². The summed E-state index contributed by atoms with van der Waals surface area (Å²) in [6.07, 6.45) is 2.35. The number of nitrogens with one attached hydrogen (secondary N) is 2. The van der Waals surface area contributed by atoms with E-state index in [2.05, 4.69) is 10.6 Å². The first-order chi connectivity index (χ1) is 13.0. The Morgan fingerprint density at radius 3 is 2.89 bits per heavy atom. The molecular weight excluding hydrogens is 373 g/mol. The lowest BCUT2D eigenvalue weighted by Crippen LogP contribution is -2.55. The van der Waals surface area contributed by atoms with Gasteiger partial charge < -0.3 is 15.0 Å². The van der Waals surface area contributed by atoms with E-state index < -0.39 is 5.82 Å². The Labute approximate surface area is 163 Å². The molecule has 2 heterocycles. The minimum atomic E-state index is -0.473. The van der Waals surface area contributed by atoms with Crippen LogP contribution in [-0.4, -0.2) is 48.6 Å². The highest BCUT2D eigenvalue weighted by molar-refractivity contribution is 6.30. The Kier molecular flexibility index (Phi) is 6.55. The van der Waals surface area contributed by atoms with Crippen LogP contribution in [-0.2, 0) is 9.59 Å². The maximum absolute atomic E-state index is 13.2. The molecule has 0 radical (unpaired) electrons. The topological polar surface area (TPSA) is 70.7 Å². The smallest absolute Gasteiger partial charge is 0.226 e. The lowest BCUT2D eigenvalue weighted by Gasteiger charge is -2.34. The monoisotopic (exact) mass is 397 g/mol. The fourth-order valence-electron chi connectivity index (χ4n) is 3.52. The number of carbonyl (C=O) groups excluding carboxylic acids is 2. The average Bonchev–Trinajstić information content (AvgIpc) is 2.66. The quantitative estimate of drug-likeness (QED) is 0.799. The Balaban J connectivity index is 1.44. The molecule has 2 aliphatic heterocycles. The first-order valence-corrected chi connectivity index (χ1v) is 9.77. The second-order valence-corrected chi connectivity index (χ2v) is 7.44. The number of ether oxygens (including phenoxy) is 1. The zero-order chi connectivity index (χ0) is 19.4. The molecule has 2 saturated heterocycles. The molecule has 8 heteroatoms. The van der Waals surface area contributed by atoms with Gasteiger partial charge in [0, 0.05) is 32.1 Å². The molecule has 3 rings (SSSR count). The number of carbonyl (C=O) groups is 2. The second kappa shape index (κ2) is 8.89. The van der Waals surface area contributed by atoms with Crippen LogP contribution in [0.4, 0.5) is 4.39 Å². The van der Waals surface area contributed by atoms with Gasteiger partial charge in [-0.25, -0.2) is 4.39 Å². The third kappa shape index (κ3) is 5.11. The highest BCUT2D eigenvalue weighted by Gasteiger charge is 2.31. The van der Waals surface area contributed by atoms with E-state index in [-0.39, 0.29) is 35.0 Å². The van der Waals surface area contributed by atoms with Crippen LogP contribution >= 0.6 is 11.6 Å². The lowest BCUT2D eigenvalue weighted by molar-refractivity contribution is -0.138. The van der Waals surface area contributed by atoms with Gasteiger partial charge >= 0.3 is 0 Å². The average molecular weight is 398 g/mol. The summed E-state index contributed by atoms with van der Waals surface area (Å²) in [7, 11) is 0. The fourth-order valence-corrected chi connectivity index (χ4v) is 3.69. The molecule has 2 aliphatic rings. The summed E-state index contributed by atoms with van der Waals surface area (Å²) in [5.74, 6) is 0.0166. The molecule has 1 aromatic rings. The summed E-state index contributed by atoms with van der Waals surface area (Å²) in [6.45, 7) is 3.63. The van der Waals surface area contributed by atoms with Gasteiger partial charge in [0.1, 0.15) is 17.7 Å². The molecule has 3 atom stereocenters. The van der Waals surface area contributed by atoms with E-state index in [1.165, 1.54) is 12.1 Å². The molecular formula is C19H25ClFN3O3. The van der Waals surface area contributed by atoms with Crippen LogP contribution in [0.5, 0.6) is 5.75 Å². The molecule has 148 valence electrons. The molecule has 0 saturated carbocycles. The highest BCUT2D eigenvalue weighted by Crippen LogP contribution is 2.24. The zero-order valence-corrected chi connectivity index (χ0v) is 16.1. The molecule has 6 nitrogen and oxygen atoms in total. The third-order valence-corrected chi connectivity index (χ3v) is 5.42. The minimum absolute atomic E-state index is 0.0110. The Morgan fingerprint density at radius 2 is 2.22 bits per heavy atom. The Bertz CT molecular complexity index is 695. The van der Waals surface area contributed by atoms with Gasteiger partial charge in [-0.1, -0.05) is 11.6 Å². The maximum Gasteiger partial charge on any atom is 0.226 e. The van der Waals surface area contributed by atoms with Gasteiger partial charge in [-0.3, -0.25) is 14.9 Å². The van der Waals surface area contributed by atoms with Crippen molar-refractivity contribution in [1.29, 1.82) is 0 Å². The molecule has 2 amide bonds. The zero-order valence-electron chi connectivity index (χ0n) is 15.3. The van der Waals surface area contributed by atoms with Crippen LogP contribution in [0.1, 0.15) is 32.6 Å². The number of likely N-dealkylation sites (tertiary alicyclic amines) is 1. The van der Waals surface area contributed by atoms with Gasteiger partial charge in [0.05, 0.1) is 17.1 Å². The van der Waals surface area contributed by atoms with Crippen LogP contribution in [0.3, 0.4) is 0 Å². The molecule has 0 aliphatic carbocycles. The SMILES string of the molecule is CCN1CC(C(=O)NC2CCC(Oc3ccc(F)c(Cl)c3)CN2)CCC1=O.